The monoisotopic (exact) mass is 296 g/mol. The molecule has 0 saturated carbocycles. The van der Waals surface area contributed by atoms with Gasteiger partial charge in [0.15, 0.2) is 0 Å². The van der Waals surface area contributed by atoms with Gasteiger partial charge in [-0.2, -0.15) is 0 Å². The molecule has 116 valence electrons. The van der Waals surface area contributed by atoms with Gasteiger partial charge in [-0.3, -0.25) is 4.98 Å². The molecule has 0 aliphatic carbocycles. The number of hydrogen-bond donors (Lipinski definition) is 1. The van der Waals surface area contributed by atoms with Crippen molar-refractivity contribution in [3.05, 3.63) is 59.4 Å². The molecular weight excluding hydrogens is 272 g/mol. The first kappa shape index (κ1) is 15.0. The molecule has 1 aliphatic rings. The van der Waals surface area contributed by atoms with Crippen LogP contribution in [-0.2, 0) is 6.42 Å². The molecule has 3 heteroatoms. The summed E-state index contributed by atoms with van der Waals surface area (Å²) in [4.78, 5) is 4.12. The van der Waals surface area contributed by atoms with Gasteiger partial charge in [0.1, 0.15) is 5.75 Å². The molecule has 1 aliphatic heterocycles. The van der Waals surface area contributed by atoms with E-state index < -0.39 is 0 Å². The molecule has 0 amide bonds. The summed E-state index contributed by atoms with van der Waals surface area (Å²) in [5.41, 5.74) is 4.01. The van der Waals surface area contributed by atoms with Crippen molar-refractivity contribution in [2.24, 2.45) is 0 Å². The zero-order valence-corrected chi connectivity index (χ0v) is 13.4. The molecule has 22 heavy (non-hydrogen) atoms. The second kappa shape index (κ2) is 6.93. The Labute approximate surface area is 132 Å². The van der Waals surface area contributed by atoms with E-state index in [1.54, 1.807) is 0 Å². The van der Waals surface area contributed by atoms with Crippen molar-refractivity contribution in [3.63, 3.8) is 0 Å². The highest BCUT2D eigenvalue weighted by Crippen LogP contribution is 2.30. The van der Waals surface area contributed by atoms with Crippen molar-refractivity contribution < 1.29 is 4.74 Å². The van der Waals surface area contributed by atoms with Crippen molar-refractivity contribution in [2.75, 3.05) is 6.61 Å². The van der Waals surface area contributed by atoms with E-state index in [1.165, 1.54) is 16.7 Å². The van der Waals surface area contributed by atoms with Gasteiger partial charge in [-0.25, -0.2) is 0 Å². The largest absolute Gasteiger partial charge is 0.493 e. The summed E-state index contributed by atoms with van der Waals surface area (Å²) in [6.07, 6.45) is 6.90. The molecule has 0 saturated heterocycles. The molecule has 0 fully saturated rings. The molecule has 1 aromatic carbocycles. The van der Waals surface area contributed by atoms with Crippen molar-refractivity contribution in [1.82, 2.24) is 10.3 Å². The minimum Gasteiger partial charge on any atom is -0.493 e. The lowest BCUT2D eigenvalue weighted by Crippen LogP contribution is -2.26. The van der Waals surface area contributed by atoms with Crippen LogP contribution in [0.15, 0.2) is 42.7 Å². The fourth-order valence-corrected chi connectivity index (χ4v) is 3.16. The Hall–Kier alpha value is -1.87. The Kier molecular flexibility index (Phi) is 4.74. The standard InChI is InChI=1S/C19H24N2O/c1-3-17(14-7-10-20-11-8-14)21-18(4-2)15-5-6-19-16(13-15)9-12-22-19/h5-8,10-11,13,17-18,21H,3-4,9,12H2,1-2H3. The zero-order chi connectivity index (χ0) is 15.4. The number of nitrogens with zero attached hydrogens (tertiary/aromatic N) is 1. The molecule has 0 bridgehead atoms. The normalized spacial score (nSPS) is 15.9. The molecule has 3 rings (SSSR count). The molecular formula is C19H24N2O. The fourth-order valence-electron chi connectivity index (χ4n) is 3.16. The van der Waals surface area contributed by atoms with Gasteiger partial charge in [0.05, 0.1) is 6.61 Å². The van der Waals surface area contributed by atoms with Crippen molar-refractivity contribution >= 4 is 0 Å². The van der Waals surface area contributed by atoms with Crippen LogP contribution in [0.25, 0.3) is 0 Å². The van der Waals surface area contributed by atoms with Gasteiger partial charge < -0.3 is 10.1 Å². The van der Waals surface area contributed by atoms with Crippen LogP contribution < -0.4 is 10.1 Å². The first-order valence-corrected chi connectivity index (χ1v) is 8.23. The number of hydrogen-bond acceptors (Lipinski definition) is 3. The van der Waals surface area contributed by atoms with E-state index >= 15 is 0 Å². The van der Waals surface area contributed by atoms with Gasteiger partial charge in [0.2, 0.25) is 0 Å². The molecule has 3 nitrogen and oxygen atoms in total. The predicted octanol–water partition coefficient (Wildman–Crippen LogP) is 4.21. The summed E-state index contributed by atoms with van der Waals surface area (Å²) >= 11 is 0. The van der Waals surface area contributed by atoms with Crippen LogP contribution in [0.1, 0.15) is 55.5 Å². The third kappa shape index (κ3) is 3.14. The molecule has 2 aromatic rings. The summed E-state index contributed by atoms with van der Waals surface area (Å²) in [6, 6.07) is 11.6. The van der Waals surface area contributed by atoms with Crippen LogP contribution in [0.3, 0.4) is 0 Å². The molecule has 1 aromatic heterocycles. The molecule has 2 unspecified atom stereocenters. The molecule has 2 heterocycles. The third-order valence-electron chi connectivity index (χ3n) is 4.44. The lowest BCUT2D eigenvalue weighted by atomic mass is 9.98. The van der Waals surface area contributed by atoms with Gasteiger partial charge in [-0.1, -0.05) is 26.0 Å². The number of rotatable bonds is 6. The van der Waals surface area contributed by atoms with E-state index in [1.807, 2.05) is 12.4 Å². The fraction of sp³-hybridized carbons (Fsp3) is 0.421. The first-order chi connectivity index (χ1) is 10.8. The van der Waals surface area contributed by atoms with Crippen LogP contribution in [0, 0.1) is 0 Å². The van der Waals surface area contributed by atoms with E-state index in [4.69, 9.17) is 4.74 Å². The van der Waals surface area contributed by atoms with Gasteiger partial charge in [-0.15, -0.1) is 0 Å². The summed E-state index contributed by atoms with van der Waals surface area (Å²) < 4.78 is 5.61. The highest BCUT2D eigenvalue weighted by atomic mass is 16.5. The zero-order valence-electron chi connectivity index (χ0n) is 13.4. The summed E-state index contributed by atoms with van der Waals surface area (Å²) in [5.74, 6) is 1.06. The van der Waals surface area contributed by atoms with Crippen molar-refractivity contribution in [2.45, 2.75) is 45.2 Å². The summed E-state index contributed by atoms with van der Waals surface area (Å²) in [5, 5.41) is 3.81. The Morgan fingerprint density at radius 1 is 1.05 bits per heavy atom. The maximum absolute atomic E-state index is 5.61. The molecule has 0 radical (unpaired) electrons. The number of nitrogens with one attached hydrogen (secondary N) is 1. The molecule has 0 spiro atoms. The lowest BCUT2D eigenvalue weighted by Gasteiger charge is -2.25. The van der Waals surface area contributed by atoms with Crippen molar-refractivity contribution in [3.8, 4) is 5.75 Å². The van der Waals surface area contributed by atoms with Gasteiger partial charge in [0.25, 0.3) is 0 Å². The van der Waals surface area contributed by atoms with Crippen LogP contribution in [0.5, 0.6) is 5.75 Å². The maximum Gasteiger partial charge on any atom is 0.122 e. The highest BCUT2D eigenvalue weighted by molar-refractivity contribution is 5.40. The van der Waals surface area contributed by atoms with Crippen LogP contribution in [0.4, 0.5) is 0 Å². The first-order valence-electron chi connectivity index (χ1n) is 8.23. The van der Waals surface area contributed by atoms with E-state index in [0.717, 1.165) is 31.6 Å². The topological polar surface area (TPSA) is 34.1 Å². The van der Waals surface area contributed by atoms with Crippen LogP contribution in [-0.4, -0.2) is 11.6 Å². The van der Waals surface area contributed by atoms with Gasteiger partial charge in [-0.05, 0) is 47.7 Å². The number of benzene rings is 1. The Balaban J connectivity index is 1.79. The van der Waals surface area contributed by atoms with Crippen LogP contribution in [0.2, 0.25) is 0 Å². The Morgan fingerprint density at radius 2 is 1.77 bits per heavy atom. The van der Waals surface area contributed by atoms with Gasteiger partial charge in [0, 0.05) is 30.9 Å². The molecule has 2 atom stereocenters. The average molecular weight is 296 g/mol. The summed E-state index contributed by atoms with van der Waals surface area (Å²) in [6.45, 7) is 5.28. The third-order valence-corrected chi connectivity index (χ3v) is 4.44. The lowest BCUT2D eigenvalue weighted by molar-refractivity contribution is 0.356. The minimum atomic E-state index is 0.359. The number of ether oxygens (including phenoxy) is 1. The van der Waals surface area contributed by atoms with E-state index in [-0.39, 0.29) is 0 Å². The average Bonchev–Trinajstić information content (AvgIpc) is 3.04. The SMILES string of the molecule is CCC(NC(CC)c1ccc2c(c1)CCO2)c1ccncc1. The number of pyridine rings is 1. The summed E-state index contributed by atoms with van der Waals surface area (Å²) in [7, 11) is 0. The Morgan fingerprint density at radius 3 is 2.50 bits per heavy atom. The highest BCUT2D eigenvalue weighted by Gasteiger charge is 2.19. The Bertz CT molecular complexity index is 612. The maximum atomic E-state index is 5.61. The van der Waals surface area contributed by atoms with Crippen LogP contribution >= 0.6 is 0 Å². The predicted molar refractivity (Wildman–Crippen MR) is 89.1 cm³/mol. The van der Waals surface area contributed by atoms with E-state index in [2.05, 4.69) is 54.5 Å². The smallest absolute Gasteiger partial charge is 0.122 e. The molecule has 1 N–H and O–H groups in total. The van der Waals surface area contributed by atoms with Crippen molar-refractivity contribution in [1.29, 1.82) is 0 Å². The number of aromatic nitrogens is 1. The minimum absolute atomic E-state index is 0.359. The second-order valence-corrected chi connectivity index (χ2v) is 5.83. The quantitative estimate of drug-likeness (QED) is 0.867. The second-order valence-electron chi connectivity index (χ2n) is 5.83. The number of fused-ring (bicyclic) bond motifs is 1. The van der Waals surface area contributed by atoms with E-state index in [9.17, 15) is 0 Å². The van der Waals surface area contributed by atoms with Gasteiger partial charge >= 0.3 is 0 Å². The van der Waals surface area contributed by atoms with E-state index in [0.29, 0.717) is 12.1 Å².